The van der Waals surface area contributed by atoms with Crippen LogP contribution in [0.4, 0.5) is 5.82 Å². The average Bonchev–Trinajstić information content (AvgIpc) is 2.71. The van der Waals surface area contributed by atoms with Gasteiger partial charge in [-0.25, -0.2) is 9.97 Å². The number of phenolic OH excluding ortho intramolecular Hbond substituents is 2. The largest absolute Gasteiger partial charge is 0.504 e. The number of aryl methyl sites for hydroxylation is 1. The zero-order valence-electron chi connectivity index (χ0n) is 17.1. The second kappa shape index (κ2) is 8.14. The van der Waals surface area contributed by atoms with Gasteiger partial charge in [-0.3, -0.25) is 4.79 Å². The number of carbonyl (C=O) groups is 1. The summed E-state index contributed by atoms with van der Waals surface area (Å²) < 4.78 is 0. The lowest BCUT2D eigenvalue weighted by molar-refractivity contribution is -0.116. The molecule has 0 spiro atoms. The minimum atomic E-state index is -0.132. The van der Waals surface area contributed by atoms with Gasteiger partial charge in [-0.15, -0.1) is 0 Å². The Hall–Kier alpha value is -3.41. The smallest absolute Gasteiger partial charge is 0.225 e. The quantitative estimate of drug-likeness (QED) is 0.554. The van der Waals surface area contributed by atoms with Crippen LogP contribution >= 0.6 is 0 Å². The van der Waals surface area contributed by atoms with Crippen molar-refractivity contribution in [3.63, 3.8) is 0 Å². The number of rotatable bonds is 5. The van der Waals surface area contributed by atoms with Crippen molar-refractivity contribution in [1.82, 2.24) is 9.97 Å². The molecule has 6 nitrogen and oxygen atoms in total. The number of carbonyl (C=O) groups excluding carboxylic acids is 1. The van der Waals surface area contributed by atoms with Crippen LogP contribution < -0.4 is 5.32 Å². The van der Waals surface area contributed by atoms with Crippen molar-refractivity contribution in [1.29, 1.82) is 0 Å². The van der Waals surface area contributed by atoms with E-state index in [4.69, 9.17) is 9.97 Å². The molecule has 1 aromatic heterocycles. The predicted molar refractivity (Wildman–Crippen MR) is 116 cm³/mol. The molecule has 0 saturated carbocycles. The molecular weight excluding hydrogens is 378 g/mol. The average molecular weight is 403 g/mol. The Kier molecular flexibility index (Phi) is 5.40. The maximum atomic E-state index is 12.4. The summed E-state index contributed by atoms with van der Waals surface area (Å²) in [6.07, 6.45) is 2.07. The first-order valence-electron chi connectivity index (χ1n) is 10.2. The molecule has 1 heterocycles. The lowest BCUT2D eigenvalue weighted by Gasteiger charge is -2.22. The molecule has 0 unspecified atom stereocenters. The predicted octanol–water partition coefficient (Wildman–Crippen LogP) is 4.23. The van der Waals surface area contributed by atoms with Crippen molar-refractivity contribution in [2.45, 2.75) is 39.5 Å². The monoisotopic (exact) mass is 403 g/mol. The van der Waals surface area contributed by atoms with E-state index in [0.29, 0.717) is 48.5 Å². The Morgan fingerprint density at radius 2 is 1.83 bits per heavy atom. The Labute approximate surface area is 175 Å². The van der Waals surface area contributed by atoms with Crippen LogP contribution in [0.2, 0.25) is 0 Å². The summed E-state index contributed by atoms with van der Waals surface area (Å²) in [5.74, 6) is 0.434. The first kappa shape index (κ1) is 19.9. The molecular formula is C24H25N3O3. The number of aromatic hydroxyl groups is 2. The van der Waals surface area contributed by atoms with Crippen molar-refractivity contribution in [2.75, 3.05) is 5.32 Å². The van der Waals surface area contributed by atoms with Crippen molar-refractivity contribution in [3.8, 4) is 22.8 Å². The molecule has 0 atom stereocenters. The number of fused-ring (bicyclic) bond motifs is 3. The highest BCUT2D eigenvalue weighted by Gasteiger charge is 2.25. The number of hydrogen-bond donors (Lipinski definition) is 3. The summed E-state index contributed by atoms with van der Waals surface area (Å²) in [6.45, 7) is 4.00. The maximum Gasteiger partial charge on any atom is 0.225 e. The Bertz CT molecular complexity index is 1090. The number of aromatic nitrogens is 2. The van der Waals surface area contributed by atoms with Gasteiger partial charge in [0.05, 0.1) is 17.1 Å². The van der Waals surface area contributed by atoms with Crippen molar-refractivity contribution in [3.05, 3.63) is 65.0 Å². The van der Waals surface area contributed by atoms with E-state index >= 15 is 0 Å². The first-order chi connectivity index (χ1) is 14.4. The molecule has 1 aliphatic rings. The number of amides is 1. The lowest BCUT2D eigenvalue weighted by atomic mass is 9.90. The fraction of sp³-hybridized carbons (Fsp3) is 0.292. The van der Waals surface area contributed by atoms with E-state index in [-0.39, 0.29) is 23.3 Å². The number of nitrogens with one attached hydrogen (secondary N) is 1. The zero-order chi connectivity index (χ0) is 21.3. The van der Waals surface area contributed by atoms with E-state index < -0.39 is 0 Å². The highest BCUT2D eigenvalue weighted by molar-refractivity contribution is 5.90. The van der Waals surface area contributed by atoms with E-state index in [0.717, 1.165) is 16.8 Å². The number of hydrogen-bond acceptors (Lipinski definition) is 5. The third kappa shape index (κ3) is 3.99. The van der Waals surface area contributed by atoms with E-state index in [1.54, 1.807) is 6.07 Å². The number of anilines is 1. The van der Waals surface area contributed by atoms with E-state index in [1.165, 1.54) is 6.07 Å². The lowest BCUT2D eigenvalue weighted by Crippen LogP contribution is -2.19. The van der Waals surface area contributed by atoms with E-state index in [2.05, 4.69) is 5.32 Å². The fourth-order valence-electron chi connectivity index (χ4n) is 3.80. The molecule has 0 fully saturated rings. The van der Waals surface area contributed by atoms with E-state index in [9.17, 15) is 15.0 Å². The molecule has 0 aliphatic heterocycles. The fourth-order valence-corrected chi connectivity index (χ4v) is 3.80. The summed E-state index contributed by atoms with van der Waals surface area (Å²) in [4.78, 5) is 22.1. The van der Waals surface area contributed by atoms with Crippen LogP contribution in [0.15, 0.2) is 42.5 Å². The van der Waals surface area contributed by atoms with Gasteiger partial charge in [-0.05, 0) is 36.5 Å². The van der Waals surface area contributed by atoms with Crippen molar-refractivity contribution < 1.29 is 15.0 Å². The molecule has 2 aromatic carbocycles. The van der Waals surface area contributed by atoms with Gasteiger partial charge in [0.25, 0.3) is 0 Å². The molecule has 30 heavy (non-hydrogen) atoms. The van der Waals surface area contributed by atoms with Crippen molar-refractivity contribution in [2.24, 2.45) is 5.92 Å². The third-order valence-electron chi connectivity index (χ3n) is 5.23. The second-order valence-corrected chi connectivity index (χ2v) is 8.08. The molecule has 0 saturated heterocycles. The number of benzene rings is 2. The van der Waals surface area contributed by atoms with Crippen LogP contribution in [0.3, 0.4) is 0 Å². The second-order valence-electron chi connectivity index (χ2n) is 8.08. The van der Waals surface area contributed by atoms with Gasteiger partial charge in [0, 0.05) is 24.0 Å². The molecule has 0 bridgehead atoms. The summed E-state index contributed by atoms with van der Waals surface area (Å²) in [5.41, 5.74) is 4.67. The van der Waals surface area contributed by atoms with Crippen LogP contribution in [0.1, 0.15) is 42.8 Å². The summed E-state index contributed by atoms with van der Waals surface area (Å²) in [6, 6.07) is 13.2. The van der Waals surface area contributed by atoms with Gasteiger partial charge in [0.2, 0.25) is 5.91 Å². The van der Waals surface area contributed by atoms with Crippen molar-refractivity contribution >= 4 is 11.7 Å². The highest BCUT2D eigenvalue weighted by Crippen LogP contribution is 2.41. The maximum absolute atomic E-state index is 12.4. The van der Waals surface area contributed by atoms with E-state index in [1.807, 2.05) is 44.2 Å². The topological polar surface area (TPSA) is 95.3 Å². The minimum absolute atomic E-state index is 0.0765. The molecule has 3 aromatic rings. The first-order valence-corrected chi connectivity index (χ1v) is 10.2. The van der Waals surface area contributed by atoms with Crippen LogP contribution in [-0.2, 0) is 24.1 Å². The van der Waals surface area contributed by atoms with Gasteiger partial charge in [-0.2, -0.15) is 0 Å². The minimum Gasteiger partial charge on any atom is -0.504 e. The molecule has 1 aliphatic carbocycles. The summed E-state index contributed by atoms with van der Waals surface area (Å²) in [7, 11) is 0. The van der Waals surface area contributed by atoms with Gasteiger partial charge < -0.3 is 15.5 Å². The molecule has 6 heteroatoms. The highest BCUT2D eigenvalue weighted by atomic mass is 16.3. The Morgan fingerprint density at radius 3 is 2.57 bits per heavy atom. The van der Waals surface area contributed by atoms with Gasteiger partial charge in [0.15, 0.2) is 17.3 Å². The molecule has 154 valence electrons. The normalized spacial score (nSPS) is 12.4. The van der Waals surface area contributed by atoms with Crippen LogP contribution in [0.5, 0.6) is 11.5 Å². The summed E-state index contributed by atoms with van der Waals surface area (Å²) in [5, 5.41) is 23.1. The molecule has 4 rings (SSSR count). The molecule has 3 N–H and O–H groups in total. The SMILES string of the molecule is CC(C)CC(=O)Nc1nc2c(nc1Cc1ccccc1)-c1ccc(O)c(O)c1CC2. The number of phenols is 2. The van der Waals surface area contributed by atoms with Crippen LogP contribution in [0, 0.1) is 5.92 Å². The van der Waals surface area contributed by atoms with Gasteiger partial charge >= 0.3 is 0 Å². The Balaban J connectivity index is 1.79. The van der Waals surface area contributed by atoms with Gasteiger partial charge in [0.1, 0.15) is 0 Å². The van der Waals surface area contributed by atoms with Gasteiger partial charge in [-0.1, -0.05) is 44.2 Å². The Morgan fingerprint density at radius 1 is 1.07 bits per heavy atom. The molecule has 0 radical (unpaired) electrons. The number of nitrogens with zero attached hydrogens (tertiary/aromatic N) is 2. The standard InChI is InChI=1S/C24H25N3O3/c1-14(2)12-21(29)27-24-19(13-15-6-4-3-5-7-15)25-22-16-9-11-20(28)23(30)17(16)8-10-18(22)26-24/h3-7,9,11,14,28,30H,8,10,12-13H2,1-2H3,(H,26,27,29). The van der Waals surface area contributed by atoms with Crippen LogP contribution in [-0.4, -0.2) is 26.1 Å². The van der Waals surface area contributed by atoms with Crippen LogP contribution in [0.25, 0.3) is 11.3 Å². The summed E-state index contributed by atoms with van der Waals surface area (Å²) >= 11 is 0. The zero-order valence-corrected chi connectivity index (χ0v) is 17.1. The third-order valence-corrected chi connectivity index (χ3v) is 5.23. The molecule has 1 amide bonds.